The zero-order valence-electron chi connectivity index (χ0n) is 14.9. The minimum Gasteiger partial charge on any atom is -0.377 e. The van der Waals surface area contributed by atoms with Gasteiger partial charge in [0.1, 0.15) is 12.4 Å². The van der Waals surface area contributed by atoms with Crippen molar-refractivity contribution in [1.29, 1.82) is 0 Å². The minimum atomic E-state index is 0.589. The Labute approximate surface area is 141 Å². The fourth-order valence-electron chi connectivity index (χ4n) is 3.19. The van der Waals surface area contributed by atoms with Gasteiger partial charge >= 0.3 is 0 Å². The fraction of sp³-hybridized carbons (Fsp3) is 0.650. The van der Waals surface area contributed by atoms with E-state index in [1.807, 2.05) is 0 Å². The van der Waals surface area contributed by atoms with Crippen LogP contribution in [0.15, 0.2) is 24.3 Å². The molecular weight excluding hydrogens is 284 g/mol. The lowest BCUT2D eigenvalue weighted by atomic mass is 10.1. The highest BCUT2D eigenvalue weighted by Crippen LogP contribution is 2.18. The maximum atomic E-state index is 5.31. The van der Waals surface area contributed by atoms with Crippen LogP contribution in [0.5, 0.6) is 0 Å². The number of hydrogen-bond acceptors (Lipinski definition) is 2. The second-order valence-electron chi connectivity index (χ2n) is 6.43. The van der Waals surface area contributed by atoms with Crippen molar-refractivity contribution in [2.24, 2.45) is 0 Å². The van der Waals surface area contributed by atoms with E-state index >= 15 is 0 Å². The van der Waals surface area contributed by atoms with Gasteiger partial charge < -0.3 is 9.30 Å². The number of para-hydroxylation sites is 2. The minimum absolute atomic E-state index is 0.589. The van der Waals surface area contributed by atoms with Gasteiger partial charge in [-0.15, -0.1) is 0 Å². The standard InChI is InChI=1S/C20H32N2O/c1-3-4-5-6-7-8-9-10-13-16-22-19-15-12-11-14-18(19)21-20(22)17-23-2/h11-12,14-15H,3-10,13,16-17H2,1-2H3. The van der Waals surface area contributed by atoms with Crippen LogP contribution in [0, 0.1) is 0 Å². The summed E-state index contributed by atoms with van der Waals surface area (Å²) in [6, 6.07) is 8.39. The van der Waals surface area contributed by atoms with Crippen molar-refractivity contribution in [3.63, 3.8) is 0 Å². The molecule has 0 atom stereocenters. The molecule has 0 N–H and O–H groups in total. The number of aromatic nitrogens is 2. The third-order valence-corrected chi connectivity index (χ3v) is 4.49. The molecule has 0 saturated carbocycles. The lowest BCUT2D eigenvalue weighted by molar-refractivity contribution is 0.174. The predicted molar refractivity (Wildman–Crippen MR) is 97.7 cm³/mol. The molecule has 128 valence electrons. The molecule has 0 spiro atoms. The Bertz CT molecular complexity index is 562. The highest BCUT2D eigenvalue weighted by Gasteiger charge is 2.09. The first-order chi connectivity index (χ1) is 11.4. The van der Waals surface area contributed by atoms with Crippen LogP contribution in [0.4, 0.5) is 0 Å². The number of fused-ring (bicyclic) bond motifs is 1. The summed E-state index contributed by atoms with van der Waals surface area (Å²) in [6.45, 7) is 3.92. The van der Waals surface area contributed by atoms with Gasteiger partial charge in [0, 0.05) is 13.7 Å². The number of imidazole rings is 1. The number of ether oxygens (including phenoxy) is 1. The molecule has 1 aromatic heterocycles. The van der Waals surface area contributed by atoms with E-state index in [9.17, 15) is 0 Å². The summed E-state index contributed by atoms with van der Waals surface area (Å²) >= 11 is 0. The molecule has 0 radical (unpaired) electrons. The van der Waals surface area contributed by atoms with Crippen LogP contribution in [0.3, 0.4) is 0 Å². The SMILES string of the molecule is CCCCCCCCCCCn1c(COC)nc2ccccc21. The summed E-state index contributed by atoms with van der Waals surface area (Å²) in [6.07, 6.45) is 12.3. The first-order valence-corrected chi connectivity index (χ1v) is 9.30. The van der Waals surface area contributed by atoms with E-state index in [1.165, 1.54) is 63.3 Å². The van der Waals surface area contributed by atoms with Crippen LogP contribution < -0.4 is 0 Å². The molecule has 1 heterocycles. The lowest BCUT2D eigenvalue weighted by Crippen LogP contribution is -2.05. The normalized spacial score (nSPS) is 11.4. The smallest absolute Gasteiger partial charge is 0.135 e. The molecule has 0 unspecified atom stereocenters. The van der Waals surface area contributed by atoms with Gasteiger partial charge in [-0.1, -0.05) is 70.4 Å². The Morgan fingerprint density at radius 1 is 0.913 bits per heavy atom. The number of nitrogens with zero attached hydrogens (tertiary/aromatic N) is 2. The van der Waals surface area contributed by atoms with Gasteiger partial charge in [-0.2, -0.15) is 0 Å². The Morgan fingerprint density at radius 3 is 2.26 bits per heavy atom. The third-order valence-electron chi connectivity index (χ3n) is 4.49. The number of rotatable bonds is 12. The molecule has 2 aromatic rings. The average Bonchev–Trinajstić information content (AvgIpc) is 2.91. The molecule has 1 aromatic carbocycles. The van der Waals surface area contributed by atoms with Crippen LogP contribution in [0.2, 0.25) is 0 Å². The maximum absolute atomic E-state index is 5.31. The van der Waals surface area contributed by atoms with Crippen LogP contribution in [0.1, 0.15) is 70.5 Å². The molecule has 0 saturated heterocycles. The molecule has 0 fully saturated rings. The lowest BCUT2D eigenvalue weighted by Gasteiger charge is -2.09. The topological polar surface area (TPSA) is 27.1 Å². The van der Waals surface area contributed by atoms with Gasteiger partial charge in [0.25, 0.3) is 0 Å². The maximum Gasteiger partial charge on any atom is 0.135 e. The molecular formula is C20H32N2O. The summed E-state index contributed by atoms with van der Waals surface area (Å²) in [7, 11) is 1.74. The highest BCUT2D eigenvalue weighted by molar-refractivity contribution is 5.75. The second kappa shape index (κ2) is 10.4. The van der Waals surface area contributed by atoms with Gasteiger partial charge in [0.2, 0.25) is 0 Å². The van der Waals surface area contributed by atoms with Crippen molar-refractivity contribution in [2.75, 3.05) is 7.11 Å². The van der Waals surface area contributed by atoms with E-state index in [0.29, 0.717) is 6.61 Å². The Hall–Kier alpha value is -1.35. The van der Waals surface area contributed by atoms with Crippen molar-refractivity contribution in [2.45, 2.75) is 77.9 Å². The summed E-state index contributed by atoms with van der Waals surface area (Å²) in [5.74, 6) is 1.05. The third kappa shape index (κ3) is 5.65. The van der Waals surface area contributed by atoms with E-state index in [4.69, 9.17) is 9.72 Å². The van der Waals surface area contributed by atoms with E-state index in [2.05, 4.69) is 35.8 Å². The zero-order valence-corrected chi connectivity index (χ0v) is 14.9. The van der Waals surface area contributed by atoms with Crippen molar-refractivity contribution in [3.8, 4) is 0 Å². The van der Waals surface area contributed by atoms with Gasteiger partial charge in [0.15, 0.2) is 0 Å². The number of hydrogen-bond donors (Lipinski definition) is 0. The van der Waals surface area contributed by atoms with Crippen molar-refractivity contribution in [3.05, 3.63) is 30.1 Å². The van der Waals surface area contributed by atoms with E-state index < -0.39 is 0 Å². The largest absolute Gasteiger partial charge is 0.377 e. The monoisotopic (exact) mass is 316 g/mol. The first kappa shape index (κ1) is 18.0. The van der Waals surface area contributed by atoms with E-state index in [1.54, 1.807) is 7.11 Å². The van der Waals surface area contributed by atoms with Crippen LogP contribution in [-0.2, 0) is 17.9 Å². The van der Waals surface area contributed by atoms with Crippen LogP contribution in [-0.4, -0.2) is 16.7 Å². The first-order valence-electron chi connectivity index (χ1n) is 9.30. The molecule has 0 amide bonds. The summed E-state index contributed by atoms with van der Waals surface area (Å²) in [5, 5.41) is 0. The Morgan fingerprint density at radius 2 is 1.57 bits per heavy atom. The van der Waals surface area contributed by atoms with Crippen molar-refractivity contribution >= 4 is 11.0 Å². The number of methoxy groups -OCH3 is 1. The predicted octanol–water partition coefficient (Wildman–Crippen LogP) is 5.71. The van der Waals surface area contributed by atoms with E-state index in [-0.39, 0.29) is 0 Å². The quantitative estimate of drug-likeness (QED) is 0.469. The summed E-state index contributed by atoms with van der Waals surface area (Å²) in [4.78, 5) is 4.70. The molecule has 3 nitrogen and oxygen atoms in total. The average molecular weight is 316 g/mol. The Kier molecular flexibility index (Phi) is 8.16. The van der Waals surface area contributed by atoms with Gasteiger partial charge in [0.05, 0.1) is 11.0 Å². The molecule has 23 heavy (non-hydrogen) atoms. The molecule has 0 aliphatic carbocycles. The van der Waals surface area contributed by atoms with E-state index in [0.717, 1.165) is 17.9 Å². The number of unbranched alkanes of at least 4 members (excludes halogenated alkanes) is 8. The molecule has 0 aliphatic rings. The van der Waals surface area contributed by atoms with Crippen LogP contribution in [0.25, 0.3) is 11.0 Å². The fourth-order valence-corrected chi connectivity index (χ4v) is 3.19. The zero-order chi connectivity index (χ0) is 16.3. The number of aryl methyl sites for hydroxylation is 1. The molecule has 3 heteroatoms. The van der Waals surface area contributed by atoms with Gasteiger partial charge in [-0.05, 0) is 18.6 Å². The molecule has 0 aliphatic heterocycles. The van der Waals surface area contributed by atoms with Gasteiger partial charge in [-0.25, -0.2) is 4.98 Å². The summed E-state index contributed by atoms with van der Waals surface area (Å²) < 4.78 is 7.64. The highest BCUT2D eigenvalue weighted by atomic mass is 16.5. The van der Waals surface area contributed by atoms with Crippen molar-refractivity contribution < 1.29 is 4.74 Å². The van der Waals surface area contributed by atoms with Gasteiger partial charge in [-0.3, -0.25) is 0 Å². The summed E-state index contributed by atoms with van der Waals surface area (Å²) in [5.41, 5.74) is 2.31. The van der Waals surface area contributed by atoms with Crippen molar-refractivity contribution in [1.82, 2.24) is 9.55 Å². The second-order valence-corrected chi connectivity index (χ2v) is 6.43. The Balaban J connectivity index is 1.75. The molecule has 0 bridgehead atoms. The number of benzene rings is 1. The molecule has 2 rings (SSSR count). The van der Waals surface area contributed by atoms with Crippen LogP contribution >= 0.6 is 0 Å².